The van der Waals surface area contributed by atoms with E-state index in [9.17, 15) is 0 Å². The molecule has 0 bridgehead atoms. The maximum Gasteiger partial charge on any atom is 0.130 e. The molecule has 0 spiro atoms. The molecule has 0 amide bonds. The van der Waals surface area contributed by atoms with Gasteiger partial charge in [0, 0.05) is 6.42 Å². The van der Waals surface area contributed by atoms with Crippen molar-refractivity contribution in [1.29, 1.82) is 0 Å². The van der Waals surface area contributed by atoms with Gasteiger partial charge in [0.1, 0.15) is 11.5 Å². The van der Waals surface area contributed by atoms with E-state index in [1.165, 1.54) is 11.1 Å². The molecule has 0 radical (unpaired) electrons. The van der Waals surface area contributed by atoms with Gasteiger partial charge in [0.15, 0.2) is 0 Å². The van der Waals surface area contributed by atoms with Crippen molar-refractivity contribution in [3.8, 4) is 11.5 Å². The molecular formula is C13H12CaO. The Morgan fingerprint density at radius 2 is 1.20 bits per heavy atom. The van der Waals surface area contributed by atoms with Crippen molar-refractivity contribution < 1.29 is 4.74 Å². The maximum atomic E-state index is 5.78. The molecule has 0 atom stereocenters. The van der Waals surface area contributed by atoms with Gasteiger partial charge in [-0.3, -0.25) is 0 Å². The molecule has 72 valence electrons. The molecule has 3 rings (SSSR count). The zero-order valence-electron chi connectivity index (χ0n) is 7.73. The van der Waals surface area contributed by atoms with Crippen LogP contribution in [0.5, 0.6) is 11.5 Å². The number of fused-ring (bicyclic) bond motifs is 2. The minimum atomic E-state index is 0. The van der Waals surface area contributed by atoms with E-state index in [1.807, 2.05) is 24.3 Å². The van der Waals surface area contributed by atoms with Crippen molar-refractivity contribution in [1.82, 2.24) is 0 Å². The van der Waals surface area contributed by atoms with Crippen LogP contribution in [0.25, 0.3) is 0 Å². The molecule has 0 saturated heterocycles. The molecule has 15 heavy (non-hydrogen) atoms. The summed E-state index contributed by atoms with van der Waals surface area (Å²) in [7, 11) is 0. The van der Waals surface area contributed by atoms with Crippen LogP contribution in [-0.4, -0.2) is 37.7 Å². The second-order valence-electron chi connectivity index (χ2n) is 3.49. The molecule has 1 aliphatic heterocycles. The van der Waals surface area contributed by atoms with Crippen LogP contribution in [0.4, 0.5) is 0 Å². The van der Waals surface area contributed by atoms with Gasteiger partial charge in [0.2, 0.25) is 0 Å². The fraction of sp³-hybridized carbons (Fsp3) is 0.0769. The van der Waals surface area contributed by atoms with E-state index >= 15 is 0 Å². The zero-order valence-corrected chi connectivity index (χ0v) is 7.73. The van der Waals surface area contributed by atoms with Gasteiger partial charge in [-0.1, -0.05) is 36.4 Å². The van der Waals surface area contributed by atoms with Crippen LogP contribution < -0.4 is 4.74 Å². The van der Waals surface area contributed by atoms with Crippen molar-refractivity contribution in [2.24, 2.45) is 0 Å². The van der Waals surface area contributed by atoms with E-state index in [-0.39, 0.29) is 37.7 Å². The van der Waals surface area contributed by atoms with Crippen molar-refractivity contribution in [2.45, 2.75) is 6.42 Å². The number of para-hydroxylation sites is 2. The Hall–Kier alpha value is -0.500. The number of hydrogen-bond acceptors (Lipinski definition) is 1. The monoisotopic (exact) mass is 224 g/mol. The van der Waals surface area contributed by atoms with E-state index in [1.54, 1.807) is 0 Å². The van der Waals surface area contributed by atoms with Crippen LogP contribution in [0, 0.1) is 0 Å². The molecule has 1 aliphatic rings. The third-order valence-electron chi connectivity index (χ3n) is 2.55. The summed E-state index contributed by atoms with van der Waals surface area (Å²) in [5, 5.41) is 0. The topological polar surface area (TPSA) is 9.23 Å². The Morgan fingerprint density at radius 3 is 1.73 bits per heavy atom. The van der Waals surface area contributed by atoms with Crippen molar-refractivity contribution in [3.05, 3.63) is 59.7 Å². The van der Waals surface area contributed by atoms with Crippen LogP contribution in [0.3, 0.4) is 0 Å². The van der Waals surface area contributed by atoms with Crippen LogP contribution in [0.15, 0.2) is 48.5 Å². The molecule has 2 heteroatoms. The smallest absolute Gasteiger partial charge is 0.130 e. The minimum Gasteiger partial charge on any atom is -0.457 e. The van der Waals surface area contributed by atoms with E-state index in [2.05, 4.69) is 24.3 Å². The van der Waals surface area contributed by atoms with E-state index < -0.39 is 0 Å². The second kappa shape index (κ2) is 4.56. The first-order chi connectivity index (χ1) is 6.93. The molecule has 0 aromatic heterocycles. The summed E-state index contributed by atoms with van der Waals surface area (Å²) < 4.78 is 5.78. The van der Waals surface area contributed by atoms with Crippen LogP contribution in [0.1, 0.15) is 11.1 Å². The first kappa shape index (κ1) is 11.0. The van der Waals surface area contributed by atoms with Gasteiger partial charge in [-0.15, -0.1) is 0 Å². The Morgan fingerprint density at radius 1 is 0.733 bits per heavy atom. The molecule has 1 heterocycles. The Bertz CT molecular complexity index is 392. The second-order valence-corrected chi connectivity index (χ2v) is 3.49. The predicted octanol–water partition coefficient (Wildman–Crippen LogP) is 2.47. The first-order valence-corrected chi connectivity index (χ1v) is 4.77. The summed E-state index contributed by atoms with van der Waals surface area (Å²) in [4.78, 5) is 0. The number of hydrogen-bond donors (Lipinski definition) is 0. The minimum absolute atomic E-state index is 0. The molecule has 2 aromatic carbocycles. The molecule has 0 saturated carbocycles. The summed E-state index contributed by atoms with van der Waals surface area (Å²) in [6.07, 6.45) is 0.979. The third kappa shape index (κ3) is 2.05. The van der Waals surface area contributed by atoms with Gasteiger partial charge in [-0.05, 0) is 23.3 Å². The fourth-order valence-corrected chi connectivity index (χ4v) is 1.82. The molecule has 1 nitrogen and oxygen atoms in total. The average molecular weight is 224 g/mol. The van der Waals surface area contributed by atoms with Gasteiger partial charge in [-0.2, -0.15) is 0 Å². The Labute approximate surface area is 119 Å². The predicted molar refractivity (Wildman–Crippen MR) is 64.3 cm³/mol. The van der Waals surface area contributed by atoms with E-state index in [0.29, 0.717) is 0 Å². The van der Waals surface area contributed by atoms with Gasteiger partial charge < -0.3 is 4.74 Å². The standard InChI is InChI=1S/C13H10O.Ca.2H/c1-3-7-12-10(5-1)9-11-6-2-4-8-13(11)14-12;;;/h1-8H,9H2;;;. The van der Waals surface area contributed by atoms with Gasteiger partial charge in [0.25, 0.3) is 0 Å². The third-order valence-corrected chi connectivity index (χ3v) is 2.55. The quantitative estimate of drug-likeness (QED) is 0.533. The number of ether oxygens (including phenoxy) is 1. The largest absolute Gasteiger partial charge is 0.457 e. The van der Waals surface area contributed by atoms with Gasteiger partial charge in [0.05, 0.1) is 0 Å². The number of benzene rings is 2. The summed E-state index contributed by atoms with van der Waals surface area (Å²) in [6.45, 7) is 0. The Kier molecular flexibility index (Phi) is 3.35. The van der Waals surface area contributed by atoms with Gasteiger partial charge >= 0.3 is 37.7 Å². The summed E-state index contributed by atoms with van der Waals surface area (Å²) >= 11 is 0. The molecule has 0 unspecified atom stereocenters. The summed E-state index contributed by atoms with van der Waals surface area (Å²) in [5.74, 6) is 1.98. The molecule has 0 fully saturated rings. The maximum absolute atomic E-state index is 5.78. The molecule has 2 aromatic rings. The summed E-state index contributed by atoms with van der Waals surface area (Å²) in [5.41, 5.74) is 2.54. The Balaban J connectivity index is 0.000000853. The van der Waals surface area contributed by atoms with Crippen LogP contribution in [0.2, 0.25) is 0 Å². The van der Waals surface area contributed by atoms with E-state index in [0.717, 1.165) is 17.9 Å². The molecule has 0 N–H and O–H groups in total. The zero-order chi connectivity index (χ0) is 9.38. The number of rotatable bonds is 0. The van der Waals surface area contributed by atoms with Gasteiger partial charge in [-0.25, -0.2) is 0 Å². The van der Waals surface area contributed by atoms with Crippen molar-refractivity contribution in [3.63, 3.8) is 0 Å². The van der Waals surface area contributed by atoms with Crippen LogP contribution in [-0.2, 0) is 6.42 Å². The first-order valence-electron chi connectivity index (χ1n) is 4.77. The molecular weight excluding hydrogens is 212 g/mol. The normalized spacial score (nSPS) is 11.7. The van der Waals surface area contributed by atoms with E-state index in [4.69, 9.17) is 4.74 Å². The van der Waals surface area contributed by atoms with Crippen molar-refractivity contribution in [2.75, 3.05) is 0 Å². The summed E-state index contributed by atoms with van der Waals surface area (Å²) in [6, 6.07) is 16.4. The van der Waals surface area contributed by atoms with Crippen LogP contribution >= 0.6 is 0 Å². The fourth-order valence-electron chi connectivity index (χ4n) is 1.82. The molecule has 0 aliphatic carbocycles. The SMILES string of the molecule is [CaH2].c1ccc2c(c1)Cc1ccccc1O2. The average Bonchev–Trinajstić information content (AvgIpc) is 2.26. The van der Waals surface area contributed by atoms with Crippen molar-refractivity contribution >= 4 is 37.7 Å².